The smallest absolute Gasteiger partial charge is 0.416 e. The lowest BCUT2D eigenvalue weighted by molar-refractivity contribution is -0.142. The molecule has 0 fully saturated rings. The Balaban J connectivity index is 2.97. The Kier molecular flexibility index (Phi) is 8.15. The van der Waals surface area contributed by atoms with Crippen LogP contribution in [0.15, 0.2) is 29.3 Å². The largest absolute Gasteiger partial charge is 0.468 e. The van der Waals surface area contributed by atoms with Crippen LogP contribution in [0.3, 0.4) is 0 Å². The van der Waals surface area contributed by atoms with Crippen LogP contribution in [0.25, 0.3) is 0 Å². The number of rotatable bonds is 5. The summed E-state index contributed by atoms with van der Waals surface area (Å²) in [7, 11) is 1.19. The summed E-state index contributed by atoms with van der Waals surface area (Å²) < 4.78 is 42.5. The summed E-state index contributed by atoms with van der Waals surface area (Å²) in [5, 5.41) is 5.42. The molecule has 0 saturated carbocycles. The van der Waals surface area contributed by atoms with Crippen LogP contribution >= 0.6 is 0 Å². The van der Waals surface area contributed by atoms with Gasteiger partial charge in [-0.15, -0.1) is 0 Å². The standard InChI is InChI=1S/C18H26F3N5O3/c1-17(2,3)26-16(24-13(23)9-12(22)15(28)29-4)25-14(27)10-5-7-11(8-6-10)18(19,20)21/h5-8,12-13H,9,22-23H2,1-4H3,(H2,24,25,26,27). The number of ether oxygens (including phenoxy) is 1. The Morgan fingerprint density at radius 2 is 1.69 bits per heavy atom. The zero-order valence-corrected chi connectivity index (χ0v) is 16.6. The van der Waals surface area contributed by atoms with Crippen LogP contribution in [0.5, 0.6) is 0 Å². The molecule has 0 aromatic heterocycles. The monoisotopic (exact) mass is 417 g/mol. The molecule has 0 bridgehead atoms. The van der Waals surface area contributed by atoms with Gasteiger partial charge in [-0.2, -0.15) is 13.2 Å². The van der Waals surface area contributed by atoms with E-state index in [2.05, 4.69) is 20.4 Å². The molecule has 2 unspecified atom stereocenters. The van der Waals surface area contributed by atoms with Gasteiger partial charge < -0.3 is 21.5 Å². The Morgan fingerprint density at radius 3 is 2.14 bits per heavy atom. The number of alkyl halides is 3. The maximum Gasteiger partial charge on any atom is 0.416 e. The molecule has 29 heavy (non-hydrogen) atoms. The Hall–Kier alpha value is -2.66. The molecule has 0 spiro atoms. The lowest BCUT2D eigenvalue weighted by Gasteiger charge is -2.24. The van der Waals surface area contributed by atoms with E-state index in [1.807, 2.05) is 0 Å². The molecule has 1 aromatic carbocycles. The number of esters is 1. The molecule has 6 N–H and O–H groups in total. The molecule has 0 saturated heterocycles. The molecule has 1 rings (SSSR count). The minimum absolute atomic E-state index is 0.00115. The highest BCUT2D eigenvalue weighted by Crippen LogP contribution is 2.29. The number of nitrogens with one attached hydrogen (secondary N) is 2. The molecular weight excluding hydrogens is 391 g/mol. The van der Waals surface area contributed by atoms with Crippen molar-refractivity contribution in [2.75, 3.05) is 7.11 Å². The third kappa shape index (κ3) is 8.48. The lowest BCUT2D eigenvalue weighted by atomic mass is 10.1. The third-order valence-electron chi connectivity index (χ3n) is 3.49. The van der Waals surface area contributed by atoms with Crippen LogP contribution in [0.4, 0.5) is 13.2 Å². The number of guanidine groups is 1. The van der Waals surface area contributed by atoms with E-state index >= 15 is 0 Å². The number of halogens is 3. The molecule has 1 amide bonds. The van der Waals surface area contributed by atoms with Crippen LogP contribution < -0.4 is 22.1 Å². The van der Waals surface area contributed by atoms with Gasteiger partial charge in [-0.3, -0.25) is 14.9 Å². The molecular formula is C18H26F3N5O3. The fourth-order valence-electron chi connectivity index (χ4n) is 2.17. The summed E-state index contributed by atoms with van der Waals surface area (Å²) in [5.74, 6) is -1.35. The van der Waals surface area contributed by atoms with Crippen molar-refractivity contribution in [1.82, 2.24) is 10.6 Å². The van der Waals surface area contributed by atoms with E-state index in [1.165, 1.54) is 7.11 Å². The van der Waals surface area contributed by atoms with E-state index in [9.17, 15) is 22.8 Å². The highest BCUT2D eigenvalue weighted by atomic mass is 19.4. The third-order valence-corrected chi connectivity index (χ3v) is 3.49. The van der Waals surface area contributed by atoms with Gasteiger partial charge in [-0.1, -0.05) is 0 Å². The minimum Gasteiger partial charge on any atom is -0.468 e. The van der Waals surface area contributed by atoms with Crippen LogP contribution in [0.2, 0.25) is 0 Å². The van der Waals surface area contributed by atoms with Crippen LogP contribution in [-0.4, -0.2) is 42.7 Å². The van der Waals surface area contributed by atoms with E-state index in [4.69, 9.17) is 11.5 Å². The zero-order valence-electron chi connectivity index (χ0n) is 16.6. The number of aliphatic imine (C=N–C) groups is 1. The molecule has 2 atom stereocenters. The average Bonchev–Trinajstić information content (AvgIpc) is 2.58. The van der Waals surface area contributed by atoms with Crippen molar-refractivity contribution in [3.05, 3.63) is 35.4 Å². The topological polar surface area (TPSA) is 132 Å². The van der Waals surface area contributed by atoms with Crippen LogP contribution in [-0.2, 0) is 15.7 Å². The predicted octanol–water partition coefficient (Wildman–Crippen LogP) is 1.35. The molecule has 11 heteroatoms. The van der Waals surface area contributed by atoms with Gasteiger partial charge in [-0.25, -0.2) is 4.99 Å². The second-order valence-corrected chi connectivity index (χ2v) is 7.31. The number of carbonyl (C=O) groups excluding carboxylic acids is 2. The van der Waals surface area contributed by atoms with E-state index < -0.39 is 41.4 Å². The van der Waals surface area contributed by atoms with Crippen molar-refractivity contribution in [3.63, 3.8) is 0 Å². The number of nitrogens with two attached hydrogens (primary N) is 2. The molecule has 0 aliphatic carbocycles. The van der Waals surface area contributed by atoms with Crippen molar-refractivity contribution in [2.45, 2.75) is 51.1 Å². The normalized spacial score (nSPS) is 14.7. The maximum absolute atomic E-state index is 12.7. The quantitative estimate of drug-likeness (QED) is 0.325. The highest BCUT2D eigenvalue weighted by Gasteiger charge is 2.30. The molecule has 162 valence electrons. The van der Waals surface area contributed by atoms with Crippen molar-refractivity contribution >= 4 is 17.8 Å². The van der Waals surface area contributed by atoms with Gasteiger partial charge in [0.05, 0.1) is 12.7 Å². The van der Waals surface area contributed by atoms with Gasteiger partial charge >= 0.3 is 12.1 Å². The molecule has 1 aromatic rings. The Morgan fingerprint density at radius 1 is 1.14 bits per heavy atom. The van der Waals surface area contributed by atoms with Crippen molar-refractivity contribution in [2.24, 2.45) is 16.5 Å². The lowest BCUT2D eigenvalue weighted by Crippen LogP contribution is -2.50. The predicted molar refractivity (Wildman–Crippen MR) is 102 cm³/mol. The number of hydrogen-bond donors (Lipinski definition) is 4. The summed E-state index contributed by atoms with van der Waals surface area (Å²) in [6.07, 6.45) is -5.49. The Labute approximate surface area is 166 Å². The first kappa shape index (κ1) is 24.4. The fourth-order valence-corrected chi connectivity index (χ4v) is 2.17. The first-order chi connectivity index (χ1) is 13.2. The number of hydrogen-bond acceptors (Lipinski definition) is 6. The van der Waals surface area contributed by atoms with Gasteiger partial charge in [0.2, 0.25) is 0 Å². The maximum atomic E-state index is 12.7. The SMILES string of the molecule is COC(=O)C(N)CC(N)N=C(NC(=O)c1ccc(C(F)(F)F)cc1)NC(C)(C)C. The van der Waals surface area contributed by atoms with Crippen LogP contribution in [0, 0.1) is 0 Å². The molecule has 0 heterocycles. The van der Waals surface area contributed by atoms with Gasteiger partial charge in [0.25, 0.3) is 5.91 Å². The number of benzene rings is 1. The minimum atomic E-state index is -4.50. The first-order valence-corrected chi connectivity index (χ1v) is 8.66. The van der Waals surface area contributed by atoms with E-state index in [0.29, 0.717) is 0 Å². The summed E-state index contributed by atoms with van der Waals surface area (Å²) in [6, 6.07) is 2.73. The summed E-state index contributed by atoms with van der Waals surface area (Å²) in [4.78, 5) is 27.9. The van der Waals surface area contributed by atoms with Crippen molar-refractivity contribution in [3.8, 4) is 0 Å². The highest BCUT2D eigenvalue weighted by molar-refractivity contribution is 6.05. The van der Waals surface area contributed by atoms with Gasteiger partial charge in [0.15, 0.2) is 5.96 Å². The molecule has 8 nitrogen and oxygen atoms in total. The van der Waals surface area contributed by atoms with E-state index in [0.717, 1.165) is 24.3 Å². The fraction of sp³-hybridized carbons (Fsp3) is 0.500. The summed E-state index contributed by atoms with van der Waals surface area (Å²) >= 11 is 0. The van der Waals surface area contributed by atoms with Crippen LogP contribution in [0.1, 0.15) is 43.1 Å². The number of nitrogens with zero attached hydrogens (tertiary/aromatic N) is 1. The van der Waals surface area contributed by atoms with Gasteiger partial charge in [-0.05, 0) is 45.0 Å². The van der Waals surface area contributed by atoms with Crippen molar-refractivity contribution in [1.29, 1.82) is 0 Å². The number of amides is 1. The zero-order chi connectivity index (χ0) is 22.4. The molecule has 0 aliphatic heterocycles. The Bertz CT molecular complexity index is 743. The second kappa shape index (κ2) is 9.70. The molecule has 0 aliphatic rings. The van der Waals surface area contributed by atoms with Gasteiger partial charge in [0.1, 0.15) is 12.2 Å². The average molecular weight is 417 g/mol. The van der Waals surface area contributed by atoms with Crippen molar-refractivity contribution < 1.29 is 27.5 Å². The van der Waals surface area contributed by atoms with E-state index in [-0.39, 0.29) is 17.9 Å². The second-order valence-electron chi connectivity index (χ2n) is 7.31. The summed E-state index contributed by atoms with van der Waals surface area (Å²) in [5.41, 5.74) is 10.1. The van der Waals surface area contributed by atoms with E-state index in [1.54, 1.807) is 20.8 Å². The number of carbonyl (C=O) groups is 2. The van der Waals surface area contributed by atoms with Gasteiger partial charge in [0, 0.05) is 17.5 Å². The summed E-state index contributed by atoms with van der Waals surface area (Å²) in [6.45, 7) is 5.41. The number of methoxy groups -OCH3 is 1. The molecule has 0 radical (unpaired) electrons. The first-order valence-electron chi connectivity index (χ1n) is 8.66.